The number of halogens is 6. The Labute approximate surface area is 236 Å². The Balaban J connectivity index is 1.70. The number of pyridine rings is 2. The predicted molar refractivity (Wildman–Crippen MR) is 140 cm³/mol. The van der Waals surface area contributed by atoms with Crippen molar-refractivity contribution in [2.45, 2.75) is 23.9 Å². The van der Waals surface area contributed by atoms with Crippen molar-refractivity contribution in [1.82, 2.24) is 33.9 Å². The Kier molecular flexibility index (Phi) is 6.84. The maximum absolute atomic E-state index is 14.0. The van der Waals surface area contributed by atoms with E-state index in [4.69, 9.17) is 0 Å². The van der Waals surface area contributed by atoms with E-state index >= 15 is 0 Å². The largest absolute Gasteiger partial charge is 0.458 e. The second kappa shape index (κ2) is 9.83. The molecule has 10 nitrogen and oxygen atoms in total. The molecule has 5 rings (SSSR count). The molecule has 0 amide bonds. The van der Waals surface area contributed by atoms with Crippen LogP contribution >= 0.6 is 15.9 Å². The van der Waals surface area contributed by atoms with Gasteiger partial charge in [0.1, 0.15) is 17.5 Å². The van der Waals surface area contributed by atoms with Gasteiger partial charge < -0.3 is 4.57 Å². The number of nitrogens with zero attached hydrogens (tertiary/aromatic N) is 7. The third-order valence-electron chi connectivity index (χ3n) is 6.17. The van der Waals surface area contributed by atoms with Crippen LogP contribution in [0.3, 0.4) is 0 Å². The molecule has 0 saturated heterocycles. The monoisotopic (exact) mass is 657 g/mol. The summed E-state index contributed by atoms with van der Waals surface area (Å²) in [5.74, 6) is -5.84. The summed E-state index contributed by atoms with van der Waals surface area (Å²) in [5.41, 5.74) is -2.34. The number of alkyl halides is 5. The fourth-order valence-electron chi connectivity index (χ4n) is 4.01. The van der Waals surface area contributed by atoms with Gasteiger partial charge in [0.05, 0.1) is 21.9 Å². The fraction of sp³-hybridized carbons (Fsp3) is 0.208. The molecular weight excluding hydrogens is 641 g/mol. The number of aryl methyl sites for hydroxylation is 1. The number of imidazole rings is 1. The molecule has 0 radical (unpaired) electrons. The number of benzene rings is 1. The van der Waals surface area contributed by atoms with E-state index in [1.165, 1.54) is 41.6 Å². The first-order valence-electron chi connectivity index (χ1n) is 11.6. The van der Waals surface area contributed by atoms with Crippen LogP contribution in [0.5, 0.6) is 0 Å². The van der Waals surface area contributed by atoms with E-state index in [1.807, 2.05) is 0 Å². The van der Waals surface area contributed by atoms with Crippen molar-refractivity contribution in [3.63, 3.8) is 0 Å². The first kappa shape index (κ1) is 28.5. The molecule has 0 fully saturated rings. The number of rotatable bonds is 6. The summed E-state index contributed by atoms with van der Waals surface area (Å²) in [6, 6.07) is 9.79. The van der Waals surface area contributed by atoms with Crippen molar-refractivity contribution in [2.24, 2.45) is 7.05 Å². The maximum atomic E-state index is 14.0. The second-order valence-corrected chi connectivity index (χ2v) is 11.9. The summed E-state index contributed by atoms with van der Waals surface area (Å²) in [6.07, 6.45) is -4.25. The van der Waals surface area contributed by atoms with Gasteiger partial charge in [-0.15, -0.1) is 0 Å². The predicted octanol–water partition coefficient (Wildman–Crippen LogP) is 4.58. The summed E-state index contributed by atoms with van der Waals surface area (Å²) in [7, 11) is -2.59. The smallest absolute Gasteiger partial charge is 0.310 e. The Morgan fingerprint density at radius 3 is 2.41 bits per heavy atom. The van der Waals surface area contributed by atoms with E-state index in [0.29, 0.717) is 22.4 Å². The molecule has 0 spiro atoms. The minimum Gasteiger partial charge on any atom is -0.310 e. The van der Waals surface area contributed by atoms with Crippen molar-refractivity contribution in [3.8, 4) is 23.0 Å². The zero-order valence-corrected chi connectivity index (χ0v) is 23.3. The topological polar surface area (TPSA) is 118 Å². The van der Waals surface area contributed by atoms with Crippen LogP contribution in [0.4, 0.5) is 22.0 Å². The zero-order valence-electron chi connectivity index (χ0n) is 20.9. The minimum atomic E-state index is -5.87. The molecule has 4 heterocycles. The number of fused-ring (bicyclic) bond motifs is 1. The highest BCUT2D eigenvalue weighted by atomic mass is 79.9. The molecule has 0 saturated carbocycles. The first-order valence-corrected chi connectivity index (χ1v) is 14.0. The van der Waals surface area contributed by atoms with Crippen LogP contribution in [0.25, 0.3) is 34.2 Å². The van der Waals surface area contributed by atoms with Gasteiger partial charge in [-0.3, -0.25) is 0 Å². The lowest BCUT2D eigenvalue weighted by molar-refractivity contribution is -0.289. The van der Waals surface area contributed by atoms with Crippen molar-refractivity contribution >= 4 is 36.9 Å². The van der Waals surface area contributed by atoms with Crippen LogP contribution < -0.4 is 5.69 Å². The van der Waals surface area contributed by atoms with Gasteiger partial charge in [0, 0.05) is 17.7 Å². The zero-order chi connectivity index (χ0) is 29.9. The van der Waals surface area contributed by atoms with Crippen LogP contribution in [-0.2, 0) is 22.8 Å². The molecule has 1 aromatic carbocycles. The van der Waals surface area contributed by atoms with Gasteiger partial charge in [0.25, 0.3) is 0 Å². The molecule has 0 N–H and O–H groups in total. The summed E-state index contributed by atoms with van der Waals surface area (Å²) >= 11 is 3.33. The van der Waals surface area contributed by atoms with E-state index in [9.17, 15) is 35.2 Å². The van der Waals surface area contributed by atoms with Crippen molar-refractivity contribution < 1.29 is 30.4 Å². The average Bonchev–Trinajstić information content (AvgIpc) is 3.47. The van der Waals surface area contributed by atoms with E-state index < -0.39 is 33.2 Å². The number of sulfone groups is 1. The average molecular weight is 658 g/mol. The van der Waals surface area contributed by atoms with Gasteiger partial charge in [-0.2, -0.15) is 31.7 Å². The summed E-state index contributed by atoms with van der Waals surface area (Å²) < 4.78 is 96.7. The van der Waals surface area contributed by atoms with Gasteiger partial charge in [-0.1, -0.05) is 28.9 Å². The molecule has 0 aliphatic heterocycles. The molecule has 5 aromatic rings. The Morgan fingerprint density at radius 2 is 1.76 bits per heavy atom. The van der Waals surface area contributed by atoms with Gasteiger partial charge in [-0.25, -0.2) is 32.7 Å². The minimum absolute atomic E-state index is 0.0990. The Morgan fingerprint density at radius 1 is 1.02 bits per heavy atom. The Hall–Kier alpha value is -3.99. The van der Waals surface area contributed by atoms with Gasteiger partial charge in [0.2, 0.25) is 0 Å². The van der Waals surface area contributed by atoms with Gasteiger partial charge in [-0.05, 0) is 36.4 Å². The van der Waals surface area contributed by atoms with Crippen molar-refractivity contribution in [1.29, 1.82) is 0 Å². The van der Waals surface area contributed by atoms with Crippen LogP contribution in [0.2, 0.25) is 0 Å². The lowest BCUT2D eigenvalue weighted by Gasteiger charge is -2.19. The lowest BCUT2D eigenvalue weighted by atomic mass is 10.1. The molecule has 214 valence electrons. The molecule has 0 unspecified atom stereocenters. The summed E-state index contributed by atoms with van der Waals surface area (Å²) in [5, 5.41) is 4.08. The van der Waals surface area contributed by atoms with E-state index in [1.54, 1.807) is 24.3 Å². The highest BCUT2D eigenvalue weighted by Gasteiger charge is 2.59. The molecule has 0 aliphatic carbocycles. The highest BCUT2D eigenvalue weighted by molar-refractivity contribution is 9.10. The molecule has 0 atom stereocenters. The van der Waals surface area contributed by atoms with Crippen LogP contribution in [-0.4, -0.2) is 54.2 Å². The molecule has 0 bridgehead atoms. The van der Waals surface area contributed by atoms with E-state index in [0.717, 1.165) is 4.68 Å². The standard InChI is InChI=1S/C24H17BrF5N7O3S/c1-3-41(39,40)17-7-8-18(37-22(38)36(12-32-37)15-6-4-5-14(25)10-15)34-19(17)21-33-16-9-13(11-31-20(16)35(21)2)23(26,27)24(28,29)30/h4-12H,3H2,1-2H3. The third-order valence-corrected chi connectivity index (χ3v) is 8.42. The summed E-state index contributed by atoms with van der Waals surface area (Å²) in [6.45, 7) is 1.39. The molecular formula is C24H17BrF5N7O3S. The molecule has 17 heteroatoms. The summed E-state index contributed by atoms with van der Waals surface area (Å²) in [4.78, 5) is 25.1. The maximum Gasteiger partial charge on any atom is 0.458 e. The third kappa shape index (κ3) is 4.81. The van der Waals surface area contributed by atoms with Gasteiger partial charge in [0.15, 0.2) is 27.1 Å². The van der Waals surface area contributed by atoms with Crippen LogP contribution in [0, 0.1) is 0 Å². The van der Waals surface area contributed by atoms with Crippen LogP contribution in [0.1, 0.15) is 12.5 Å². The highest BCUT2D eigenvalue weighted by Crippen LogP contribution is 2.44. The molecule has 41 heavy (non-hydrogen) atoms. The lowest BCUT2D eigenvalue weighted by Crippen LogP contribution is -2.33. The first-order chi connectivity index (χ1) is 19.2. The van der Waals surface area contributed by atoms with Crippen molar-refractivity contribution in [2.75, 3.05) is 5.75 Å². The van der Waals surface area contributed by atoms with Crippen molar-refractivity contribution in [3.05, 3.63) is 75.5 Å². The van der Waals surface area contributed by atoms with Crippen LogP contribution in [0.15, 0.2) is 69.2 Å². The SMILES string of the molecule is CCS(=O)(=O)c1ccc(-n2ncn(-c3cccc(Br)c3)c2=O)nc1-c1nc2cc(C(F)(F)C(F)(F)F)cnc2n1C. The quantitative estimate of drug-likeness (QED) is 0.245. The van der Waals surface area contributed by atoms with E-state index in [2.05, 4.69) is 36.0 Å². The fourth-order valence-corrected chi connectivity index (χ4v) is 5.41. The van der Waals surface area contributed by atoms with Gasteiger partial charge >= 0.3 is 17.8 Å². The molecule has 4 aromatic heterocycles. The molecule has 0 aliphatic rings. The van der Waals surface area contributed by atoms with E-state index in [-0.39, 0.29) is 39.1 Å². The second-order valence-electron chi connectivity index (χ2n) is 8.73. The number of aromatic nitrogens is 7. The number of hydrogen-bond acceptors (Lipinski definition) is 7. The Bertz CT molecular complexity index is 1980. The number of hydrogen-bond donors (Lipinski definition) is 0. The normalized spacial score (nSPS) is 12.8.